The molecule has 0 amide bonds. The van der Waals surface area contributed by atoms with Gasteiger partial charge in [-0.05, 0) is 0 Å². The molecule has 45 valence electrons. The van der Waals surface area contributed by atoms with Crippen LogP contribution in [-0.2, 0) is 17.9 Å². The molecular weight excluding hydrogens is 197 g/mol. The molecule has 0 unspecified atom stereocenters. The molecule has 0 aliphatic rings. The van der Waals surface area contributed by atoms with Crippen molar-refractivity contribution in [3.63, 3.8) is 0 Å². The second-order valence-electron chi connectivity index (χ2n) is 1.66. The Morgan fingerprint density at radius 1 is 1.22 bits per heavy atom. The third-order valence-electron chi connectivity index (χ3n) is 1.02. The molecule has 9 heavy (non-hydrogen) atoms. The minimum absolute atomic E-state index is 1.19. The molecule has 0 N–H and O–H groups in total. The van der Waals surface area contributed by atoms with Crippen LogP contribution in [0.2, 0.25) is 0 Å². The summed E-state index contributed by atoms with van der Waals surface area (Å²) in [5, 5.41) is 0. The van der Waals surface area contributed by atoms with E-state index in [0.29, 0.717) is 0 Å². The van der Waals surface area contributed by atoms with Crippen molar-refractivity contribution in [1.29, 1.82) is 0 Å². The van der Waals surface area contributed by atoms with Gasteiger partial charge in [-0.25, -0.2) is 0 Å². The van der Waals surface area contributed by atoms with Crippen LogP contribution in [0.1, 0.15) is 5.56 Å². The SMILES string of the molecule is [Ru+]=[C]=Cc1ccccc1. The van der Waals surface area contributed by atoms with Crippen molar-refractivity contribution in [2.75, 3.05) is 0 Å². The normalized spacial score (nSPS) is 8.00. The van der Waals surface area contributed by atoms with Crippen molar-refractivity contribution >= 4 is 10.3 Å². The monoisotopic (exact) mass is 204 g/mol. The molecule has 0 radical (unpaired) electrons. The zero-order chi connectivity index (χ0) is 6.53. The molecule has 0 nitrogen and oxygen atoms in total. The fourth-order valence-corrected chi connectivity index (χ4v) is 0.898. The van der Waals surface area contributed by atoms with Crippen molar-refractivity contribution < 1.29 is 17.9 Å². The van der Waals surface area contributed by atoms with Crippen molar-refractivity contribution in [3.8, 4) is 0 Å². The molecule has 0 heterocycles. The van der Waals surface area contributed by atoms with Gasteiger partial charge in [0.2, 0.25) is 0 Å². The maximum absolute atomic E-state index is 2.89. The molecule has 1 heteroatoms. The molecule has 1 aromatic carbocycles. The van der Waals surface area contributed by atoms with Crippen LogP contribution in [-0.4, -0.2) is 4.26 Å². The Hall–Kier alpha value is -0.507. The molecule has 0 aliphatic heterocycles. The van der Waals surface area contributed by atoms with Crippen LogP contribution < -0.4 is 0 Å². The summed E-state index contributed by atoms with van der Waals surface area (Å²) in [6.45, 7) is 0. The first-order valence-corrected chi connectivity index (χ1v) is 3.53. The summed E-state index contributed by atoms with van der Waals surface area (Å²) in [5.41, 5.74) is 1.19. The van der Waals surface area contributed by atoms with E-state index in [1.165, 1.54) is 5.56 Å². The van der Waals surface area contributed by atoms with E-state index in [0.717, 1.165) is 0 Å². The molecule has 0 bridgehead atoms. The number of hydrogen-bond donors (Lipinski definition) is 0. The van der Waals surface area contributed by atoms with E-state index in [1.807, 2.05) is 36.4 Å². The van der Waals surface area contributed by atoms with Gasteiger partial charge >= 0.3 is 64.1 Å². The Balaban J connectivity index is 2.97. The van der Waals surface area contributed by atoms with Gasteiger partial charge in [0.25, 0.3) is 0 Å². The summed E-state index contributed by atoms with van der Waals surface area (Å²) in [4.78, 5) is 0. The van der Waals surface area contributed by atoms with Crippen LogP contribution in [0.25, 0.3) is 6.08 Å². The molecule has 0 saturated heterocycles. The van der Waals surface area contributed by atoms with E-state index < -0.39 is 0 Å². The van der Waals surface area contributed by atoms with Gasteiger partial charge in [0.15, 0.2) is 0 Å². The number of rotatable bonds is 1. The maximum atomic E-state index is 2.89. The van der Waals surface area contributed by atoms with Crippen molar-refractivity contribution in [1.82, 2.24) is 0 Å². The van der Waals surface area contributed by atoms with Crippen molar-refractivity contribution in [3.05, 3.63) is 35.9 Å². The van der Waals surface area contributed by atoms with Gasteiger partial charge in [0, 0.05) is 0 Å². The standard InChI is InChI=1S/C8H6.Ru/c1-2-8-6-4-3-5-7-8;/h2-7H;/q;+1. The third kappa shape index (κ3) is 2.05. The van der Waals surface area contributed by atoms with E-state index in [4.69, 9.17) is 0 Å². The Morgan fingerprint density at radius 3 is 2.44 bits per heavy atom. The topological polar surface area (TPSA) is 0 Å². The van der Waals surface area contributed by atoms with E-state index in [9.17, 15) is 0 Å². The second kappa shape index (κ2) is 3.51. The van der Waals surface area contributed by atoms with Gasteiger partial charge in [-0.1, -0.05) is 0 Å². The van der Waals surface area contributed by atoms with Gasteiger partial charge in [0.1, 0.15) is 0 Å². The fraction of sp³-hybridized carbons (Fsp3) is 0. The predicted molar refractivity (Wildman–Crippen MR) is 35.9 cm³/mol. The molecule has 0 aliphatic carbocycles. The van der Waals surface area contributed by atoms with E-state index in [1.54, 1.807) is 0 Å². The van der Waals surface area contributed by atoms with Crippen LogP contribution >= 0.6 is 0 Å². The van der Waals surface area contributed by atoms with Crippen LogP contribution in [0.3, 0.4) is 0 Å². The van der Waals surface area contributed by atoms with Crippen molar-refractivity contribution in [2.24, 2.45) is 0 Å². The van der Waals surface area contributed by atoms with E-state index in [-0.39, 0.29) is 0 Å². The Morgan fingerprint density at radius 2 is 1.89 bits per heavy atom. The average molecular weight is 203 g/mol. The summed E-state index contributed by atoms with van der Waals surface area (Å²) in [6, 6.07) is 10.1. The first-order valence-electron chi connectivity index (χ1n) is 2.66. The van der Waals surface area contributed by atoms with Gasteiger partial charge in [0.05, 0.1) is 0 Å². The molecular formula is C8H6Ru+. The summed E-state index contributed by atoms with van der Waals surface area (Å²) in [7, 11) is 0. The Labute approximate surface area is 64.4 Å². The van der Waals surface area contributed by atoms with Crippen LogP contribution in [0.15, 0.2) is 30.3 Å². The van der Waals surface area contributed by atoms with Gasteiger partial charge in [-0.3, -0.25) is 0 Å². The van der Waals surface area contributed by atoms with Crippen LogP contribution in [0.4, 0.5) is 0 Å². The molecule has 1 aromatic rings. The molecule has 0 atom stereocenters. The fourth-order valence-electron chi connectivity index (χ4n) is 0.608. The van der Waals surface area contributed by atoms with Crippen molar-refractivity contribution in [2.45, 2.75) is 0 Å². The first-order chi connectivity index (χ1) is 4.43. The molecule has 0 saturated carbocycles. The van der Waals surface area contributed by atoms with Gasteiger partial charge in [-0.2, -0.15) is 0 Å². The molecule has 0 spiro atoms. The number of hydrogen-bond acceptors (Lipinski definition) is 0. The van der Waals surface area contributed by atoms with Gasteiger partial charge < -0.3 is 0 Å². The van der Waals surface area contributed by atoms with E-state index >= 15 is 0 Å². The zero-order valence-electron chi connectivity index (χ0n) is 4.82. The number of benzene rings is 1. The second-order valence-corrected chi connectivity index (χ2v) is 2.16. The zero-order valence-corrected chi connectivity index (χ0v) is 6.56. The first kappa shape index (κ1) is 6.61. The van der Waals surface area contributed by atoms with Gasteiger partial charge in [-0.15, -0.1) is 0 Å². The third-order valence-corrected chi connectivity index (χ3v) is 1.27. The molecule has 0 aromatic heterocycles. The minimum atomic E-state index is 1.19. The Bertz CT molecular complexity index is 220. The summed E-state index contributed by atoms with van der Waals surface area (Å²) >= 11 is 2.34. The predicted octanol–water partition coefficient (Wildman–Crippen LogP) is 1.65. The summed E-state index contributed by atoms with van der Waals surface area (Å²) in [6.07, 6.45) is 1.93. The molecule has 1 rings (SSSR count). The van der Waals surface area contributed by atoms with Crippen LogP contribution in [0, 0.1) is 0 Å². The summed E-state index contributed by atoms with van der Waals surface area (Å²) < 4.78 is 2.89. The van der Waals surface area contributed by atoms with Crippen LogP contribution in [0.5, 0.6) is 0 Å². The summed E-state index contributed by atoms with van der Waals surface area (Å²) in [5.74, 6) is 0. The average Bonchev–Trinajstić information content (AvgIpc) is 1.91. The molecule has 0 fully saturated rings. The van der Waals surface area contributed by atoms with E-state index in [2.05, 4.69) is 22.1 Å². The Kier molecular flexibility index (Phi) is 2.58. The quantitative estimate of drug-likeness (QED) is 0.609.